The molecule has 0 bridgehead atoms. The number of hydrogen-bond acceptors (Lipinski definition) is 3. The molecule has 1 aliphatic rings. The molecule has 0 radical (unpaired) electrons. The fraction of sp³-hybridized carbons (Fsp3) is 0.0909. The van der Waals surface area contributed by atoms with Crippen LogP contribution >= 0.6 is 11.6 Å². The molecule has 1 aliphatic heterocycles. The molecule has 0 aromatic heterocycles. The lowest BCUT2D eigenvalue weighted by Crippen LogP contribution is -1.99. The number of halogens is 1. The fourth-order valence-electron chi connectivity index (χ4n) is 2.90. The van der Waals surface area contributed by atoms with Gasteiger partial charge in [-0.25, -0.2) is 0 Å². The van der Waals surface area contributed by atoms with Crippen LogP contribution in [-0.2, 0) is 6.61 Å². The summed E-state index contributed by atoms with van der Waals surface area (Å²) in [6, 6.07) is 22.8. The predicted molar refractivity (Wildman–Crippen MR) is 102 cm³/mol. The molecule has 0 fully saturated rings. The Hall–Kier alpha value is -2.75. The lowest BCUT2D eigenvalue weighted by molar-refractivity contribution is 0.193. The number of fused-ring (bicyclic) bond motifs is 1. The first-order valence-corrected chi connectivity index (χ1v) is 8.71. The van der Waals surface area contributed by atoms with Crippen molar-refractivity contribution >= 4 is 17.7 Å². The molecule has 26 heavy (non-hydrogen) atoms. The average Bonchev–Trinajstić information content (AvgIpc) is 2.98. The van der Waals surface area contributed by atoms with E-state index in [1.165, 1.54) is 0 Å². The van der Waals surface area contributed by atoms with Crippen molar-refractivity contribution < 1.29 is 14.6 Å². The van der Waals surface area contributed by atoms with Gasteiger partial charge in [-0.3, -0.25) is 0 Å². The number of para-hydroxylation sites is 1. The van der Waals surface area contributed by atoms with Crippen LogP contribution in [-0.4, -0.2) is 5.11 Å². The monoisotopic (exact) mass is 364 g/mol. The normalized spacial score (nSPS) is 17.0. The first-order valence-electron chi connectivity index (χ1n) is 8.33. The molecule has 0 amide bonds. The Morgan fingerprint density at radius 1 is 1.00 bits per heavy atom. The quantitative estimate of drug-likeness (QED) is 0.675. The summed E-state index contributed by atoms with van der Waals surface area (Å²) in [6.45, 7) is 0.447. The second kappa shape index (κ2) is 7.24. The molecule has 4 heteroatoms. The van der Waals surface area contributed by atoms with Gasteiger partial charge in [0, 0.05) is 16.1 Å². The van der Waals surface area contributed by atoms with E-state index in [0.717, 1.165) is 16.7 Å². The van der Waals surface area contributed by atoms with Crippen LogP contribution in [0.5, 0.6) is 11.5 Å². The van der Waals surface area contributed by atoms with Gasteiger partial charge in [-0.05, 0) is 35.9 Å². The SMILES string of the molecule is OC1C(=Cc2cc(Cl)ccc2OCc2ccccc2)Oc2ccccc21. The van der Waals surface area contributed by atoms with E-state index in [4.69, 9.17) is 21.1 Å². The minimum atomic E-state index is -0.799. The smallest absolute Gasteiger partial charge is 0.140 e. The molecule has 0 spiro atoms. The molecule has 1 heterocycles. The van der Waals surface area contributed by atoms with Gasteiger partial charge < -0.3 is 14.6 Å². The molecule has 0 aliphatic carbocycles. The third kappa shape index (κ3) is 3.45. The predicted octanol–water partition coefficient (Wildman–Crippen LogP) is 5.39. The molecule has 3 aromatic carbocycles. The van der Waals surface area contributed by atoms with Crippen LogP contribution in [0, 0.1) is 0 Å². The first kappa shape index (κ1) is 16.7. The fourth-order valence-corrected chi connectivity index (χ4v) is 3.08. The zero-order chi connectivity index (χ0) is 17.9. The second-order valence-corrected chi connectivity index (χ2v) is 6.48. The molecular weight excluding hydrogens is 348 g/mol. The van der Waals surface area contributed by atoms with Gasteiger partial charge in [0.1, 0.15) is 30.0 Å². The topological polar surface area (TPSA) is 38.7 Å². The van der Waals surface area contributed by atoms with Crippen molar-refractivity contribution in [1.29, 1.82) is 0 Å². The third-order valence-corrected chi connectivity index (χ3v) is 4.45. The Labute approximate surface area is 157 Å². The molecule has 130 valence electrons. The summed E-state index contributed by atoms with van der Waals surface area (Å²) in [5, 5.41) is 11.1. The summed E-state index contributed by atoms with van der Waals surface area (Å²) in [5.74, 6) is 1.80. The van der Waals surface area contributed by atoms with Gasteiger partial charge in [-0.15, -0.1) is 0 Å². The highest BCUT2D eigenvalue weighted by molar-refractivity contribution is 6.30. The lowest BCUT2D eigenvalue weighted by Gasteiger charge is -2.11. The number of rotatable bonds is 4. The van der Waals surface area contributed by atoms with E-state index in [-0.39, 0.29) is 0 Å². The van der Waals surface area contributed by atoms with E-state index in [1.54, 1.807) is 18.2 Å². The summed E-state index contributed by atoms with van der Waals surface area (Å²) < 4.78 is 11.8. The van der Waals surface area contributed by atoms with Crippen molar-refractivity contribution in [3.8, 4) is 11.5 Å². The van der Waals surface area contributed by atoms with E-state index in [0.29, 0.717) is 28.9 Å². The number of benzene rings is 3. The van der Waals surface area contributed by atoms with Gasteiger partial charge in [-0.2, -0.15) is 0 Å². The van der Waals surface area contributed by atoms with E-state index < -0.39 is 6.10 Å². The van der Waals surface area contributed by atoms with E-state index >= 15 is 0 Å². The lowest BCUT2D eigenvalue weighted by atomic mass is 10.1. The Morgan fingerprint density at radius 2 is 1.77 bits per heavy atom. The van der Waals surface area contributed by atoms with E-state index in [2.05, 4.69) is 0 Å². The van der Waals surface area contributed by atoms with Crippen LogP contribution in [0.3, 0.4) is 0 Å². The summed E-state index contributed by atoms with van der Waals surface area (Å²) in [6.07, 6.45) is 0.976. The van der Waals surface area contributed by atoms with Gasteiger partial charge in [0.15, 0.2) is 0 Å². The van der Waals surface area contributed by atoms with Crippen LogP contribution in [0.2, 0.25) is 5.02 Å². The maximum atomic E-state index is 10.5. The molecule has 4 rings (SSSR count). The first-order chi connectivity index (χ1) is 12.7. The Balaban J connectivity index is 1.61. The number of aliphatic hydroxyl groups is 1. The van der Waals surface area contributed by atoms with Crippen LogP contribution in [0.25, 0.3) is 6.08 Å². The van der Waals surface area contributed by atoms with Crippen molar-refractivity contribution in [3.05, 3.63) is 100 Å². The number of hydrogen-bond donors (Lipinski definition) is 1. The van der Waals surface area contributed by atoms with Crippen LogP contribution in [0.15, 0.2) is 78.6 Å². The van der Waals surface area contributed by atoms with Gasteiger partial charge >= 0.3 is 0 Å². The van der Waals surface area contributed by atoms with E-state index in [1.807, 2.05) is 60.7 Å². The van der Waals surface area contributed by atoms with Crippen LogP contribution < -0.4 is 9.47 Å². The molecule has 1 atom stereocenters. The van der Waals surface area contributed by atoms with Crippen LogP contribution in [0.1, 0.15) is 22.8 Å². The summed E-state index contributed by atoms with van der Waals surface area (Å²) in [5.41, 5.74) is 2.59. The minimum Gasteiger partial charge on any atom is -0.488 e. The zero-order valence-corrected chi connectivity index (χ0v) is 14.7. The molecule has 1 N–H and O–H groups in total. The summed E-state index contributed by atoms with van der Waals surface area (Å²) in [4.78, 5) is 0. The van der Waals surface area contributed by atoms with Crippen molar-refractivity contribution in [2.24, 2.45) is 0 Å². The molecule has 3 nitrogen and oxygen atoms in total. The second-order valence-electron chi connectivity index (χ2n) is 6.05. The van der Waals surface area contributed by atoms with E-state index in [9.17, 15) is 5.11 Å². The van der Waals surface area contributed by atoms with Gasteiger partial charge in [0.05, 0.1) is 0 Å². The largest absolute Gasteiger partial charge is 0.488 e. The van der Waals surface area contributed by atoms with Crippen LogP contribution in [0.4, 0.5) is 0 Å². The third-order valence-electron chi connectivity index (χ3n) is 4.22. The highest BCUT2D eigenvalue weighted by Crippen LogP contribution is 2.40. The maximum absolute atomic E-state index is 10.5. The number of ether oxygens (including phenoxy) is 2. The molecule has 1 unspecified atom stereocenters. The van der Waals surface area contributed by atoms with Crippen molar-refractivity contribution in [2.75, 3.05) is 0 Å². The van der Waals surface area contributed by atoms with Gasteiger partial charge in [0.2, 0.25) is 0 Å². The molecule has 3 aromatic rings. The highest BCUT2D eigenvalue weighted by atomic mass is 35.5. The number of aliphatic hydroxyl groups excluding tert-OH is 1. The van der Waals surface area contributed by atoms with Gasteiger partial charge in [-0.1, -0.05) is 60.1 Å². The standard InChI is InChI=1S/C22H17ClO3/c23-17-10-11-19(25-14-15-6-2-1-3-7-15)16(12-17)13-21-22(24)18-8-4-5-9-20(18)26-21/h1-13,22,24H,14H2. The summed E-state index contributed by atoms with van der Waals surface area (Å²) in [7, 11) is 0. The zero-order valence-electron chi connectivity index (χ0n) is 13.9. The molecule has 0 saturated carbocycles. The Morgan fingerprint density at radius 3 is 2.58 bits per heavy atom. The van der Waals surface area contributed by atoms with Gasteiger partial charge in [0.25, 0.3) is 0 Å². The molecule has 0 saturated heterocycles. The average molecular weight is 365 g/mol. The Kier molecular flexibility index (Phi) is 4.65. The molecular formula is C22H17ClO3. The minimum absolute atomic E-state index is 0.447. The Bertz CT molecular complexity index is 951. The summed E-state index contributed by atoms with van der Waals surface area (Å²) >= 11 is 6.16. The van der Waals surface area contributed by atoms with Crippen molar-refractivity contribution in [2.45, 2.75) is 12.7 Å². The highest BCUT2D eigenvalue weighted by Gasteiger charge is 2.27. The van der Waals surface area contributed by atoms with Crippen molar-refractivity contribution in [3.63, 3.8) is 0 Å². The van der Waals surface area contributed by atoms with Crippen molar-refractivity contribution in [1.82, 2.24) is 0 Å². The maximum Gasteiger partial charge on any atom is 0.140 e.